The van der Waals surface area contributed by atoms with Crippen molar-refractivity contribution in [2.75, 3.05) is 25.7 Å². The third kappa shape index (κ3) is 5.72. The highest BCUT2D eigenvalue weighted by Crippen LogP contribution is 2.46. The van der Waals surface area contributed by atoms with E-state index in [1.165, 1.54) is 54.4 Å². The molecule has 4 aromatic carbocycles. The number of hydrogen-bond acceptors (Lipinski definition) is 11. The van der Waals surface area contributed by atoms with E-state index >= 15 is 0 Å². The minimum atomic E-state index is -1.10. The average Bonchev–Trinajstić information content (AvgIpc) is 3.65. The lowest BCUT2D eigenvalue weighted by Crippen LogP contribution is -2.29. The smallest absolute Gasteiger partial charge is 0.301 e. The van der Waals surface area contributed by atoms with Crippen LogP contribution in [0.25, 0.3) is 16.5 Å². The second-order valence-electron chi connectivity index (χ2n) is 10.2. The molecule has 0 spiro atoms. The van der Waals surface area contributed by atoms with E-state index in [4.69, 9.17) is 14.2 Å². The van der Waals surface area contributed by atoms with Crippen molar-refractivity contribution in [3.63, 3.8) is 0 Å². The zero-order chi connectivity index (χ0) is 32.4. The standard InChI is InChI=1S/C34H29N3O7S2/c1-4-44-26-16-20(12-14-24(26)38)29-28(30(39)21-13-15-25(42-2)27(17-21)43-3)31(40)32(41)37(29)33-35-36-34(46-33)45-18-22-10-7-9-19-8-5-6-11-23(19)22/h5-17,29,38-39H,4,18H2,1-3H3/t29-/m1/s1. The van der Waals surface area contributed by atoms with Crippen LogP contribution in [0.15, 0.2) is 88.8 Å². The monoisotopic (exact) mass is 655 g/mol. The molecule has 1 aromatic heterocycles. The van der Waals surface area contributed by atoms with Gasteiger partial charge in [0.2, 0.25) is 5.13 Å². The summed E-state index contributed by atoms with van der Waals surface area (Å²) in [4.78, 5) is 28.6. The van der Waals surface area contributed by atoms with Gasteiger partial charge in [-0.25, -0.2) is 0 Å². The summed E-state index contributed by atoms with van der Waals surface area (Å²) in [6, 6.07) is 22.4. The minimum Gasteiger partial charge on any atom is -0.507 e. The van der Waals surface area contributed by atoms with E-state index in [0.717, 1.165) is 16.3 Å². The molecule has 234 valence electrons. The van der Waals surface area contributed by atoms with Crippen LogP contribution in [0.2, 0.25) is 0 Å². The summed E-state index contributed by atoms with van der Waals surface area (Å²) in [7, 11) is 2.94. The number of ether oxygens (including phenoxy) is 3. The number of thioether (sulfide) groups is 1. The summed E-state index contributed by atoms with van der Waals surface area (Å²) in [5.41, 5.74) is 1.63. The van der Waals surface area contributed by atoms with Crippen molar-refractivity contribution >= 4 is 56.5 Å². The maximum atomic E-state index is 13.7. The molecule has 6 rings (SSSR count). The number of phenolic OH excluding ortho intramolecular Hbond substituents is 1. The first-order chi connectivity index (χ1) is 22.3. The van der Waals surface area contributed by atoms with Gasteiger partial charge in [-0.2, -0.15) is 0 Å². The van der Waals surface area contributed by atoms with Gasteiger partial charge in [0.05, 0.1) is 32.4 Å². The van der Waals surface area contributed by atoms with Gasteiger partial charge in [-0.15, -0.1) is 10.2 Å². The summed E-state index contributed by atoms with van der Waals surface area (Å²) >= 11 is 2.64. The second kappa shape index (κ2) is 13.1. The molecule has 0 saturated carbocycles. The number of phenols is 1. The van der Waals surface area contributed by atoms with Crippen LogP contribution in [0, 0.1) is 0 Å². The predicted octanol–water partition coefficient (Wildman–Crippen LogP) is 6.73. The Bertz CT molecular complexity index is 1990. The number of hydrogen-bond donors (Lipinski definition) is 2. The van der Waals surface area contributed by atoms with Crippen LogP contribution >= 0.6 is 23.1 Å². The number of methoxy groups -OCH3 is 2. The molecule has 1 aliphatic rings. The van der Waals surface area contributed by atoms with E-state index in [0.29, 0.717) is 27.2 Å². The highest BCUT2D eigenvalue weighted by molar-refractivity contribution is 8.00. The number of aliphatic hydroxyl groups is 1. The lowest BCUT2D eigenvalue weighted by Gasteiger charge is -2.23. The number of amides is 1. The Morgan fingerprint density at radius 2 is 1.72 bits per heavy atom. The van der Waals surface area contributed by atoms with Crippen LogP contribution in [-0.4, -0.2) is 52.9 Å². The summed E-state index contributed by atoms with van der Waals surface area (Å²) in [5, 5.41) is 33.1. The average molecular weight is 656 g/mol. The van der Waals surface area contributed by atoms with Gasteiger partial charge in [0, 0.05) is 11.3 Å². The predicted molar refractivity (Wildman–Crippen MR) is 177 cm³/mol. The summed E-state index contributed by atoms with van der Waals surface area (Å²) < 4.78 is 16.9. The molecule has 5 aromatic rings. The molecule has 0 radical (unpaired) electrons. The highest BCUT2D eigenvalue weighted by atomic mass is 32.2. The summed E-state index contributed by atoms with van der Waals surface area (Å²) in [5.74, 6) is -0.745. The first-order valence-corrected chi connectivity index (χ1v) is 16.1. The zero-order valence-corrected chi connectivity index (χ0v) is 26.7. The van der Waals surface area contributed by atoms with Crippen LogP contribution in [0.1, 0.15) is 29.7 Å². The first-order valence-electron chi connectivity index (χ1n) is 14.3. The van der Waals surface area contributed by atoms with Gasteiger partial charge in [0.1, 0.15) is 5.76 Å². The second-order valence-corrected chi connectivity index (χ2v) is 12.4. The number of anilines is 1. The van der Waals surface area contributed by atoms with Gasteiger partial charge in [0.25, 0.3) is 5.78 Å². The molecule has 0 bridgehead atoms. The summed E-state index contributed by atoms with van der Waals surface area (Å²) in [6.07, 6.45) is 0. The van der Waals surface area contributed by atoms with Crippen molar-refractivity contribution in [2.24, 2.45) is 0 Å². The van der Waals surface area contributed by atoms with Gasteiger partial charge in [-0.3, -0.25) is 14.5 Å². The molecular formula is C34H29N3O7S2. The van der Waals surface area contributed by atoms with Crippen LogP contribution in [0.5, 0.6) is 23.0 Å². The Labute approximate surface area is 272 Å². The van der Waals surface area contributed by atoms with Crippen molar-refractivity contribution in [1.82, 2.24) is 10.2 Å². The third-order valence-corrected chi connectivity index (χ3v) is 9.64. The normalized spacial score (nSPS) is 15.8. The number of fused-ring (bicyclic) bond motifs is 1. The van der Waals surface area contributed by atoms with Crippen molar-refractivity contribution < 1.29 is 34.0 Å². The van der Waals surface area contributed by atoms with Crippen LogP contribution < -0.4 is 19.1 Å². The fraction of sp³-hybridized carbons (Fsp3) is 0.176. The largest absolute Gasteiger partial charge is 0.507 e. The molecule has 1 atom stereocenters. The Hall–Kier alpha value is -5.07. The number of Topliss-reactive ketones (excluding diaryl/α,β-unsaturated/α-hetero) is 1. The Morgan fingerprint density at radius 1 is 0.935 bits per heavy atom. The number of rotatable bonds is 10. The number of nitrogens with zero attached hydrogens (tertiary/aromatic N) is 3. The van der Waals surface area contributed by atoms with Crippen LogP contribution in [0.4, 0.5) is 5.13 Å². The number of carbonyl (C=O) groups excluding carboxylic acids is 2. The van der Waals surface area contributed by atoms with Crippen molar-refractivity contribution in [3.8, 4) is 23.0 Å². The number of aromatic nitrogens is 2. The van der Waals surface area contributed by atoms with E-state index in [1.54, 1.807) is 31.2 Å². The third-order valence-electron chi connectivity index (χ3n) is 7.53. The number of ketones is 1. The van der Waals surface area contributed by atoms with Crippen LogP contribution in [-0.2, 0) is 15.3 Å². The van der Waals surface area contributed by atoms with E-state index in [1.807, 2.05) is 18.2 Å². The number of benzene rings is 4. The molecule has 1 amide bonds. The molecule has 10 nitrogen and oxygen atoms in total. The van der Waals surface area contributed by atoms with E-state index in [9.17, 15) is 19.8 Å². The van der Waals surface area contributed by atoms with Gasteiger partial charge in [0.15, 0.2) is 27.3 Å². The molecule has 0 aliphatic carbocycles. The van der Waals surface area contributed by atoms with E-state index < -0.39 is 23.5 Å². The lowest BCUT2D eigenvalue weighted by atomic mass is 9.95. The topological polar surface area (TPSA) is 131 Å². The Morgan fingerprint density at radius 3 is 2.50 bits per heavy atom. The van der Waals surface area contributed by atoms with Crippen LogP contribution in [0.3, 0.4) is 0 Å². The Kier molecular flexibility index (Phi) is 8.82. The van der Waals surface area contributed by atoms with Gasteiger partial charge >= 0.3 is 5.91 Å². The van der Waals surface area contributed by atoms with Gasteiger partial charge < -0.3 is 24.4 Å². The molecule has 1 aliphatic heterocycles. The SMILES string of the molecule is CCOc1cc([C@@H]2C(=C(O)c3ccc(OC)c(OC)c3)C(=O)C(=O)N2c2nnc(SCc3cccc4ccccc34)s2)ccc1O. The number of aliphatic hydroxyl groups excluding tert-OH is 1. The fourth-order valence-electron chi connectivity index (χ4n) is 5.37. The number of aromatic hydroxyl groups is 1. The maximum absolute atomic E-state index is 13.7. The lowest BCUT2D eigenvalue weighted by molar-refractivity contribution is -0.132. The zero-order valence-electron chi connectivity index (χ0n) is 25.1. The molecule has 46 heavy (non-hydrogen) atoms. The van der Waals surface area contributed by atoms with Crippen molar-refractivity contribution in [1.29, 1.82) is 0 Å². The molecule has 0 unspecified atom stereocenters. The van der Waals surface area contributed by atoms with Gasteiger partial charge in [-0.05, 0) is 59.2 Å². The summed E-state index contributed by atoms with van der Waals surface area (Å²) in [6.45, 7) is 2.05. The number of carbonyl (C=O) groups is 2. The van der Waals surface area contributed by atoms with Crippen molar-refractivity contribution in [3.05, 3.63) is 101 Å². The maximum Gasteiger partial charge on any atom is 0.301 e. The molecule has 12 heteroatoms. The minimum absolute atomic E-state index is 0.106. The molecule has 1 saturated heterocycles. The molecule has 1 fully saturated rings. The molecule has 2 heterocycles. The highest BCUT2D eigenvalue weighted by Gasteiger charge is 2.48. The Balaban J connectivity index is 1.41. The first kappa shape index (κ1) is 30.9. The molecular weight excluding hydrogens is 627 g/mol. The van der Waals surface area contributed by atoms with E-state index in [-0.39, 0.29) is 34.4 Å². The van der Waals surface area contributed by atoms with Crippen molar-refractivity contribution in [2.45, 2.75) is 23.1 Å². The van der Waals surface area contributed by atoms with E-state index in [2.05, 4.69) is 34.5 Å². The van der Waals surface area contributed by atoms with Gasteiger partial charge in [-0.1, -0.05) is 71.6 Å². The fourth-order valence-corrected chi connectivity index (χ4v) is 7.24. The molecule has 2 N–H and O–H groups in total. The quantitative estimate of drug-likeness (QED) is 0.0549.